The number of nitrogens with zero attached hydrogens (tertiary/aromatic N) is 1. The average molecular weight is 280 g/mol. The van der Waals surface area contributed by atoms with Gasteiger partial charge in [0.15, 0.2) is 0 Å². The van der Waals surface area contributed by atoms with Gasteiger partial charge in [0.05, 0.1) is 0 Å². The Balaban J connectivity index is 2.05. The number of hydrogen-bond donors (Lipinski definition) is 1. The Morgan fingerprint density at radius 3 is 1.70 bits per heavy atom. The lowest BCUT2D eigenvalue weighted by atomic mass is 9.82. The van der Waals surface area contributed by atoms with Crippen LogP contribution in [0, 0.1) is 5.41 Å². The van der Waals surface area contributed by atoms with Crippen LogP contribution in [0.15, 0.2) is 0 Å². The molecule has 2 N–H and O–H groups in total. The molecule has 1 atom stereocenters. The van der Waals surface area contributed by atoms with Gasteiger partial charge >= 0.3 is 0 Å². The summed E-state index contributed by atoms with van der Waals surface area (Å²) in [5, 5.41) is 0. The molecule has 2 aliphatic rings. The van der Waals surface area contributed by atoms with Crippen molar-refractivity contribution < 1.29 is 0 Å². The van der Waals surface area contributed by atoms with Gasteiger partial charge in [-0.25, -0.2) is 0 Å². The molecule has 2 aliphatic carbocycles. The maximum absolute atomic E-state index is 6.10. The van der Waals surface area contributed by atoms with Crippen molar-refractivity contribution in [3.8, 4) is 0 Å². The molecule has 118 valence electrons. The molecule has 20 heavy (non-hydrogen) atoms. The summed E-state index contributed by atoms with van der Waals surface area (Å²) < 4.78 is 0. The molecular weight excluding hydrogens is 244 g/mol. The van der Waals surface area contributed by atoms with Crippen molar-refractivity contribution in [1.29, 1.82) is 0 Å². The molecule has 2 nitrogen and oxygen atoms in total. The van der Waals surface area contributed by atoms with Gasteiger partial charge in [-0.2, -0.15) is 0 Å². The standard InChI is InChI=1S/C18H36N2/c1-3-18(2,14-19)15-20(16-10-6-4-7-11-16)17-12-8-5-9-13-17/h16-17H,3-15,19H2,1-2H3. The van der Waals surface area contributed by atoms with E-state index >= 15 is 0 Å². The van der Waals surface area contributed by atoms with Gasteiger partial charge in [0.1, 0.15) is 0 Å². The Kier molecular flexibility index (Phi) is 6.35. The summed E-state index contributed by atoms with van der Waals surface area (Å²) in [5.41, 5.74) is 6.41. The van der Waals surface area contributed by atoms with Crippen molar-refractivity contribution >= 4 is 0 Å². The summed E-state index contributed by atoms with van der Waals surface area (Å²) in [6.07, 6.45) is 15.6. The third-order valence-corrected chi connectivity index (χ3v) is 6.00. The van der Waals surface area contributed by atoms with Crippen LogP contribution >= 0.6 is 0 Å². The van der Waals surface area contributed by atoms with Gasteiger partial charge in [0, 0.05) is 18.6 Å². The minimum absolute atomic E-state index is 0.314. The van der Waals surface area contributed by atoms with Gasteiger partial charge in [-0.15, -0.1) is 0 Å². The van der Waals surface area contributed by atoms with E-state index in [9.17, 15) is 0 Å². The van der Waals surface area contributed by atoms with Gasteiger partial charge in [-0.1, -0.05) is 52.4 Å². The predicted molar refractivity (Wildman–Crippen MR) is 87.9 cm³/mol. The molecule has 0 bridgehead atoms. The summed E-state index contributed by atoms with van der Waals surface area (Å²) in [5.74, 6) is 0. The van der Waals surface area contributed by atoms with Crippen LogP contribution in [0.5, 0.6) is 0 Å². The molecule has 0 aromatic heterocycles. The van der Waals surface area contributed by atoms with E-state index in [1.165, 1.54) is 77.2 Å². The zero-order valence-corrected chi connectivity index (χ0v) is 13.9. The van der Waals surface area contributed by atoms with E-state index in [1.807, 2.05) is 0 Å². The van der Waals surface area contributed by atoms with Gasteiger partial charge in [-0.05, 0) is 44.1 Å². The first kappa shape index (κ1) is 16.3. The number of hydrogen-bond acceptors (Lipinski definition) is 2. The van der Waals surface area contributed by atoms with E-state index in [1.54, 1.807) is 0 Å². The zero-order valence-electron chi connectivity index (χ0n) is 13.9. The van der Waals surface area contributed by atoms with Gasteiger partial charge in [0.2, 0.25) is 0 Å². The second-order valence-corrected chi connectivity index (χ2v) is 7.62. The number of rotatable bonds is 6. The first-order chi connectivity index (χ1) is 9.68. The average Bonchev–Trinajstić information content (AvgIpc) is 2.54. The Morgan fingerprint density at radius 1 is 0.900 bits per heavy atom. The van der Waals surface area contributed by atoms with Crippen LogP contribution in [0.25, 0.3) is 0 Å². The van der Waals surface area contributed by atoms with Gasteiger partial charge in [0.25, 0.3) is 0 Å². The maximum Gasteiger partial charge on any atom is 0.00984 e. The molecule has 2 saturated carbocycles. The van der Waals surface area contributed by atoms with E-state index in [2.05, 4.69) is 18.7 Å². The second-order valence-electron chi connectivity index (χ2n) is 7.62. The summed E-state index contributed by atoms with van der Waals surface area (Å²) in [6.45, 7) is 6.77. The van der Waals surface area contributed by atoms with E-state index < -0.39 is 0 Å². The monoisotopic (exact) mass is 280 g/mol. The van der Waals surface area contributed by atoms with E-state index in [-0.39, 0.29) is 0 Å². The Labute approximate surface area is 126 Å². The highest BCUT2D eigenvalue weighted by molar-refractivity contribution is 4.88. The van der Waals surface area contributed by atoms with Crippen LogP contribution in [-0.2, 0) is 0 Å². The summed E-state index contributed by atoms with van der Waals surface area (Å²) in [7, 11) is 0. The van der Waals surface area contributed by atoms with Crippen molar-refractivity contribution in [2.24, 2.45) is 11.1 Å². The lowest BCUT2D eigenvalue weighted by Crippen LogP contribution is -2.51. The van der Waals surface area contributed by atoms with Crippen LogP contribution in [0.1, 0.15) is 84.5 Å². The molecule has 0 aliphatic heterocycles. The summed E-state index contributed by atoms with van der Waals surface area (Å²) >= 11 is 0. The fourth-order valence-electron chi connectivity index (χ4n) is 4.14. The molecule has 2 fully saturated rings. The van der Waals surface area contributed by atoms with Crippen LogP contribution < -0.4 is 5.73 Å². The molecule has 2 heteroatoms. The molecule has 2 rings (SSSR count). The molecule has 0 heterocycles. The predicted octanol–water partition coefficient (Wildman–Crippen LogP) is 4.33. The molecule has 0 spiro atoms. The smallest absolute Gasteiger partial charge is 0.00984 e. The van der Waals surface area contributed by atoms with Crippen molar-refractivity contribution in [3.63, 3.8) is 0 Å². The minimum Gasteiger partial charge on any atom is -0.330 e. The minimum atomic E-state index is 0.314. The fourth-order valence-corrected chi connectivity index (χ4v) is 4.14. The quantitative estimate of drug-likeness (QED) is 0.784. The highest BCUT2D eigenvalue weighted by Gasteiger charge is 2.33. The lowest BCUT2D eigenvalue weighted by molar-refractivity contribution is 0.0397. The molecule has 0 radical (unpaired) electrons. The van der Waals surface area contributed by atoms with Crippen molar-refractivity contribution in [2.75, 3.05) is 13.1 Å². The Hall–Kier alpha value is -0.0800. The Morgan fingerprint density at radius 2 is 1.35 bits per heavy atom. The topological polar surface area (TPSA) is 29.3 Å². The van der Waals surface area contributed by atoms with E-state index in [0.29, 0.717) is 5.41 Å². The SMILES string of the molecule is CCC(C)(CN)CN(C1CCCCC1)C1CCCCC1. The number of nitrogens with two attached hydrogens (primary N) is 1. The molecule has 0 saturated heterocycles. The Bertz CT molecular complexity index is 243. The molecule has 0 amide bonds. The molecule has 1 unspecified atom stereocenters. The summed E-state index contributed by atoms with van der Waals surface area (Å²) in [4.78, 5) is 2.91. The lowest BCUT2D eigenvalue weighted by Gasteiger charge is -2.46. The normalized spacial score (nSPS) is 25.8. The van der Waals surface area contributed by atoms with Crippen LogP contribution in [0.4, 0.5) is 0 Å². The van der Waals surface area contributed by atoms with Crippen LogP contribution in [-0.4, -0.2) is 30.1 Å². The van der Waals surface area contributed by atoms with Crippen LogP contribution in [0.2, 0.25) is 0 Å². The molecule has 0 aromatic carbocycles. The molecule has 0 aromatic rings. The van der Waals surface area contributed by atoms with Gasteiger partial charge < -0.3 is 5.73 Å². The second kappa shape index (κ2) is 7.79. The van der Waals surface area contributed by atoms with Gasteiger partial charge in [-0.3, -0.25) is 4.90 Å². The van der Waals surface area contributed by atoms with E-state index in [0.717, 1.165) is 18.6 Å². The van der Waals surface area contributed by atoms with Crippen molar-refractivity contribution in [3.05, 3.63) is 0 Å². The highest BCUT2D eigenvalue weighted by Crippen LogP contribution is 2.33. The van der Waals surface area contributed by atoms with Crippen molar-refractivity contribution in [2.45, 2.75) is 96.6 Å². The third kappa shape index (κ3) is 4.21. The zero-order chi connectivity index (χ0) is 14.4. The molecular formula is C18H36N2. The van der Waals surface area contributed by atoms with Crippen LogP contribution in [0.3, 0.4) is 0 Å². The highest BCUT2D eigenvalue weighted by atomic mass is 15.2. The maximum atomic E-state index is 6.10. The summed E-state index contributed by atoms with van der Waals surface area (Å²) in [6, 6.07) is 1.70. The van der Waals surface area contributed by atoms with E-state index in [4.69, 9.17) is 5.73 Å². The third-order valence-electron chi connectivity index (χ3n) is 6.00. The first-order valence-electron chi connectivity index (χ1n) is 9.14. The fraction of sp³-hybridized carbons (Fsp3) is 1.00. The first-order valence-corrected chi connectivity index (χ1v) is 9.14. The van der Waals surface area contributed by atoms with Crippen molar-refractivity contribution in [1.82, 2.24) is 4.90 Å². The largest absolute Gasteiger partial charge is 0.330 e.